The Labute approximate surface area is 215 Å². The average molecular weight is 513 g/mol. The number of nitro groups is 2. The minimum Gasteiger partial charge on any atom is -0.465 e. The van der Waals surface area contributed by atoms with Crippen LogP contribution in [0.25, 0.3) is 0 Å². The number of ether oxygens (including phenoxy) is 2. The fourth-order valence-corrected chi connectivity index (χ4v) is 4.53. The summed E-state index contributed by atoms with van der Waals surface area (Å²) in [5.41, 5.74) is 2.84. The Morgan fingerprint density at radius 3 is 2.51 bits per heavy atom. The molecule has 3 aliphatic rings. The van der Waals surface area contributed by atoms with E-state index in [-0.39, 0.29) is 49.6 Å². The van der Waals surface area contributed by atoms with Gasteiger partial charge in [0.15, 0.2) is 0 Å². The van der Waals surface area contributed by atoms with Gasteiger partial charge in [0.2, 0.25) is 6.04 Å². The minimum absolute atomic E-state index is 0.00312. The highest BCUT2D eigenvalue weighted by molar-refractivity contribution is 5.87. The van der Waals surface area contributed by atoms with Crippen LogP contribution < -0.4 is 0 Å². The van der Waals surface area contributed by atoms with Gasteiger partial charge in [0.05, 0.1) is 17.6 Å². The number of rotatable bonds is 11. The zero-order valence-electron chi connectivity index (χ0n) is 20.9. The largest absolute Gasteiger partial charge is 0.465 e. The number of esters is 2. The van der Waals surface area contributed by atoms with Gasteiger partial charge in [0.1, 0.15) is 6.10 Å². The molecule has 0 heterocycles. The molecule has 0 bridgehead atoms. The van der Waals surface area contributed by atoms with E-state index in [0.29, 0.717) is 29.9 Å². The van der Waals surface area contributed by atoms with Crippen LogP contribution in [-0.2, 0) is 19.1 Å². The standard InChI is InChI=1S/C27H32N2O8/c1-18(2)27(31)37-24-12-9-21(10-13-24)20-6-3-19(4-7-20)5-14-26(30)36-16-15-22-8-11-23(28(32)33)17-25(22)29(34)35/h6,8-10,12,17,19,23-24H,1,3-5,7,11,13-16H2,2H3. The van der Waals surface area contributed by atoms with Crippen molar-refractivity contribution < 1.29 is 28.9 Å². The van der Waals surface area contributed by atoms with Crippen LogP contribution in [0.1, 0.15) is 58.3 Å². The van der Waals surface area contributed by atoms with E-state index in [9.17, 15) is 29.8 Å². The first-order chi connectivity index (χ1) is 17.6. The summed E-state index contributed by atoms with van der Waals surface area (Å²) in [6.45, 7) is 5.21. The van der Waals surface area contributed by atoms with Crippen molar-refractivity contribution in [2.45, 2.75) is 70.4 Å². The van der Waals surface area contributed by atoms with Gasteiger partial charge < -0.3 is 9.47 Å². The number of allylic oxidation sites excluding steroid dienone is 5. The van der Waals surface area contributed by atoms with Crippen LogP contribution in [0.4, 0.5) is 0 Å². The lowest BCUT2D eigenvalue weighted by Crippen LogP contribution is -2.22. The Kier molecular flexibility index (Phi) is 9.71. The third-order valence-electron chi connectivity index (χ3n) is 6.70. The maximum absolute atomic E-state index is 12.2. The van der Waals surface area contributed by atoms with Gasteiger partial charge in [-0.2, -0.15) is 0 Å². The van der Waals surface area contributed by atoms with Gasteiger partial charge in [-0.25, -0.2) is 4.79 Å². The van der Waals surface area contributed by atoms with Crippen molar-refractivity contribution in [3.05, 3.63) is 91.3 Å². The molecular formula is C27H32N2O8. The molecular weight excluding hydrogens is 480 g/mol. The van der Waals surface area contributed by atoms with Gasteiger partial charge in [-0.1, -0.05) is 30.9 Å². The normalized spacial score (nSPS) is 23.1. The monoisotopic (exact) mass is 512 g/mol. The van der Waals surface area contributed by atoms with Crippen molar-refractivity contribution in [2.75, 3.05) is 6.61 Å². The molecule has 0 saturated carbocycles. The summed E-state index contributed by atoms with van der Waals surface area (Å²) in [7, 11) is 0. The molecule has 3 rings (SSSR count). The number of hydrogen-bond donors (Lipinski definition) is 0. The zero-order valence-corrected chi connectivity index (χ0v) is 20.9. The van der Waals surface area contributed by atoms with Crippen molar-refractivity contribution in [1.82, 2.24) is 0 Å². The highest BCUT2D eigenvalue weighted by atomic mass is 16.6. The average Bonchev–Trinajstić information content (AvgIpc) is 2.88. The van der Waals surface area contributed by atoms with Crippen LogP contribution in [0.5, 0.6) is 0 Å². The molecule has 0 aromatic heterocycles. The minimum atomic E-state index is -1.11. The molecule has 0 spiro atoms. The summed E-state index contributed by atoms with van der Waals surface area (Å²) in [6.07, 6.45) is 15.0. The zero-order chi connectivity index (χ0) is 26.9. The Morgan fingerprint density at radius 1 is 1.14 bits per heavy atom. The molecule has 0 radical (unpaired) electrons. The molecule has 3 unspecified atom stereocenters. The quantitative estimate of drug-likeness (QED) is 0.164. The number of nitrogens with zero attached hydrogens (tertiary/aromatic N) is 2. The van der Waals surface area contributed by atoms with E-state index < -0.39 is 15.9 Å². The van der Waals surface area contributed by atoms with Gasteiger partial charge in [-0.15, -0.1) is 0 Å². The van der Waals surface area contributed by atoms with Gasteiger partial charge in [0, 0.05) is 41.8 Å². The van der Waals surface area contributed by atoms with Crippen molar-refractivity contribution in [2.24, 2.45) is 5.92 Å². The van der Waals surface area contributed by atoms with Crippen LogP contribution in [0, 0.1) is 26.1 Å². The Balaban J connectivity index is 1.37. The summed E-state index contributed by atoms with van der Waals surface area (Å²) < 4.78 is 10.6. The van der Waals surface area contributed by atoms with E-state index in [1.165, 1.54) is 11.6 Å². The fourth-order valence-electron chi connectivity index (χ4n) is 4.53. The second-order valence-corrected chi connectivity index (χ2v) is 9.48. The molecule has 3 atom stereocenters. The molecule has 10 heteroatoms. The van der Waals surface area contributed by atoms with E-state index in [0.717, 1.165) is 30.9 Å². The third kappa shape index (κ3) is 8.09. The predicted octanol–water partition coefficient (Wildman–Crippen LogP) is 4.94. The van der Waals surface area contributed by atoms with Crippen LogP contribution in [0.2, 0.25) is 0 Å². The Morgan fingerprint density at radius 2 is 1.92 bits per heavy atom. The first-order valence-corrected chi connectivity index (χ1v) is 12.4. The molecule has 3 aliphatic carbocycles. The molecule has 0 aromatic carbocycles. The second-order valence-electron chi connectivity index (χ2n) is 9.48. The van der Waals surface area contributed by atoms with Crippen LogP contribution in [-0.4, -0.2) is 40.5 Å². The lowest BCUT2D eigenvalue weighted by Gasteiger charge is -2.24. The van der Waals surface area contributed by atoms with Gasteiger partial charge in [-0.3, -0.25) is 25.0 Å². The molecule has 0 aliphatic heterocycles. The Hall–Kier alpha value is -3.82. The highest BCUT2D eigenvalue weighted by Gasteiger charge is 2.30. The van der Waals surface area contributed by atoms with Gasteiger partial charge >= 0.3 is 11.9 Å². The first-order valence-electron chi connectivity index (χ1n) is 12.4. The third-order valence-corrected chi connectivity index (χ3v) is 6.70. The highest BCUT2D eigenvalue weighted by Crippen LogP contribution is 2.33. The lowest BCUT2D eigenvalue weighted by molar-refractivity contribution is -0.511. The molecule has 0 amide bonds. The van der Waals surface area contributed by atoms with Crippen LogP contribution in [0.15, 0.2) is 71.0 Å². The smallest absolute Gasteiger partial charge is 0.333 e. The second kappa shape index (κ2) is 12.9. The topological polar surface area (TPSA) is 139 Å². The van der Waals surface area contributed by atoms with Crippen LogP contribution in [0.3, 0.4) is 0 Å². The summed E-state index contributed by atoms with van der Waals surface area (Å²) in [6, 6.07) is -1.11. The first kappa shape index (κ1) is 27.8. The number of carbonyl (C=O) groups is 2. The van der Waals surface area contributed by atoms with Gasteiger partial charge in [-0.05, 0) is 55.7 Å². The summed E-state index contributed by atoms with van der Waals surface area (Å²) in [5.74, 6) is -0.369. The van der Waals surface area contributed by atoms with Crippen LogP contribution >= 0.6 is 0 Å². The lowest BCUT2D eigenvalue weighted by atomic mass is 9.83. The van der Waals surface area contributed by atoms with Gasteiger partial charge in [0.25, 0.3) is 5.70 Å². The molecule has 37 heavy (non-hydrogen) atoms. The molecule has 0 aromatic rings. The van der Waals surface area contributed by atoms with E-state index >= 15 is 0 Å². The summed E-state index contributed by atoms with van der Waals surface area (Å²) in [4.78, 5) is 44.8. The number of carbonyl (C=O) groups excluding carboxylic acids is 2. The molecule has 198 valence electrons. The molecule has 0 saturated heterocycles. The fraction of sp³-hybridized carbons (Fsp3) is 0.481. The van der Waals surface area contributed by atoms with Crippen molar-refractivity contribution in [3.8, 4) is 0 Å². The number of hydrogen-bond acceptors (Lipinski definition) is 8. The van der Waals surface area contributed by atoms with Crippen molar-refractivity contribution >= 4 is 11.9 Å². The molecule has 10 nitrogen and oxygen atoms in total. The van der Waals surface area contributed by atoms with Crippen molar-refractivity contribution in [3.63, 3.8) is 0 Å². The van der Waals surface area contributed by atoms with Crippen molar-refractivity contribution in [1.29, 1.82) is 0 Å². The summed E-state index contributed by atoms with van der Waals surface area (Å²) >= 11 is 0. The van der Waals surface area contributed by atoms with E-state index in [2.05, 4.69) is 18.7 Å². The maximum atomic E-state index is 12.2. The van der Waals surface area contributed by atoms with E-state index in [1.54, 1.807) is 6.92 Å². The Bertz CT molecular complexity index is 1110. The maximum Gasteiger partial charge on any atom is 0.333 e. The SMILES string of the molecule is C=C(C)C(=O)OC1C=CC(C2=CCC(CCC(=O)OCCC3=CCC([N+](=O)[O-])C=C3[N+](=O)[O-])CC2)=CC1. The molecule has 0 fully saturated rings. The molecule has 0 N–H and O–H groups in total. The van der Waals surface area contributed by atoms with E-state index in [4.69, 9.17) is 9.47 Å². The predicted molar refractivity (Wildman–Crippen MR) is 135 cm³/mol. The summed E-state index contributed by atoms with van der Waals surface area (Å²) in [5, 5.41) is 22.1. The van der Waals surface area contributed by atoms with E-state index in [1.807, 2.05) is 12.2 Å².